The Morgan fingerprint density at radius 2 is 1.83 bits per heavy atom. The van der Waals surface area contributed by atoms with Gasteiger partial charge in [-0.3, -0.25) is 4.79 Å². The molecule has 0 unspecified atom stereocenters. The number of benzene rings is 2. The van der Waals surface area contributed by atoms with E-state index in [2.05, 4.69) is 0 Å². The third-order valence-corrected chi connectivity index (χ3v) is 3.17. The van der Waals surface area contributed by atoms with Gasteiger partial charge in [0.1, 0.15) is 11.6 Å². The molecule has 2 aromatic carbocycles. The molecule has 0 saturated carbocycles. The van der Waals surface area contributed by atoms with Crippen molar-refractivity contribution in [3.63, 3.8) is 0 Å². The van der Waals surface area contributed by atoms with Crippen molar-refractivity contribution in [2.24, 2.45) is 5.73 Å². The molecular formula is C17H17NO5. The minimum absolute atomic E-state index is 0.114. The zero-order valence-corrected chi connectivity index (χ0v) is 12.2. The molecule has 5 N–H and O–H groups in total. The molecule has 1 heterocycles. The predicted octanol–water partition coefficient (Wildman–Crippen LogP) is 2.49. The van der Waals surface area contributed by atoms with Gasteiger partial charge < -0.3 is 25.5 Å². The summed E-state index contributed by atoms with van der Waals surface area (Å²) in [5, 5.41) is 27.8. The van der Waals surface area contributed by atoms with E-state index in [0.29, 0.717) is 5.56 Å². The van der Waals surface area contributed by atoms with E-state index in [1.807, 2.05) is 30.3 Å². The molecule has 0 aliphatic carbocycles. The second kappa shape index (κ2) is 7.33. The number of carbonyl (C=O) groups is 1. The van der Waals surface area contributed by atoms with Gasteiger partial charge in [0.05, 0.1) is 6.26 Å². The van der Waals surface area contributed by atoms with Crippen molar-refractivity contribution in [3.05, 3.63) is 60.4 Å². The lowest BCUT2D eigenvalue weighted by Gasteiger charge is -2.06. The summed E-state index contributed by atoms with van der Waals surface area (Å²) in [7, 11) is 0. The first-order chi connectivity index (χ1) is 11.0. The molecule has 0 aliphatic rings. The molecular weight excluding hydrogens is 298 g/mol. The van der Waals surface area contributed by atoms with Crippen LogP contribution in [0.3, 0.4) is 0 Å². The van der Waals surface area contributed by atoms with Crippen LogP contribution in [0.15, 0.2) is 59.2 Å². The van der Waals surface area contributed by atoms with Gasteiger partial charge in [0.25, 0.3) is 0 Å². The summed E-state index contributed by atoms with van der Waals surface area (Å²) in [5.74, 6) is -1.62. The Bertz CT molecular complexity index is 766. The quantitative estimate of drug-likeness (QED) is 0.552. The maximum absolute atomic E-state index is 10.4. The van der Waals surface area contributed by atoms with Crippen LogP contribution in [0.25, 0.3) is 11.0 Å². The fourth-order valence-electron chi connectivity index (χ4n) is 1.94. The van der Waals surface area contributed by atoms with Crippen LogP contribution in [-0.4, -0.2) is 27.3 Å². The Hall–Kier alpha value is -2.99. The number of para-hydroxylation sites is 1. The molecule has 1 atom stereocenters. The molecule has 6 heteroatoms. The van der Waals surface area contributed by atoms with Crippen molar-refractivity contribution in [2.45, 2.75) is 12.5 Å². The highest BCUT2D eigenvalue weighted by molar-refractivity contribution is 5.76. The third kappa shape index (κ3) is 4.49. The van der Waals surface area contributed by atoms with Gasteiger partial charge in [0.15, 0.2) is 11.5 Å². The van der Waals surface area contributed by atoms with E-state index >= 15 is 0 Å². The lowest BCUT2D eigenvalue weighted by atomic mass is 10.1. The largest absolute Gasteiger partial charge is 0.504 e. The highest BCUT2D eigenvalue weighted by Gasteiger charge is 2.12. The number of hydrogen-bond acceptors (Lipinski definition) is 5. The SMILES string of the molecule is N[C@@H](Cc1ccc(O)c(O)c1)C(=O)O.c1ccc2occc2c1. The average molecular weight is 315 g/mol. The van der Waals surface area contributed by atoms with Gasteiger partial charge in [-0.25, -0.2) is 0 Å². The number of furan rings is 1. The Balaban J connectivity index is 0.000000182. The second-order valence-corrected chi connectivity index (χ2v) is 4.93. The summed E-state index contributed by atoms with van der Waals surface area (Å²) < 4.78 is 5.12. The van der Waals surface area contributed by atoms with Crippen LogP contribution in [0, 0.1) is 0 Å². The van der Waals surface area contributed by atoms with Crippen LogP contribution >= 0.6 is 0 Å². The number of fused-ring (bicyclic) bond motifs is 1. The van der Waals surface area contributed by atoms with E-state index in [1.54, 1.807) is 6.26 Å². The van der Waals surface area contributed by atoms with Crippen LogP contribution < -0.4 is 5.73 Å². The number of hydrogen-bond donors (Lipinski definition) is 4. The summed E-state index contributed by atoms with van der Waals surface area (Å²) in [4.78, 5) is 10.4. The predicted molar refractivity (Wildman–Crippen MR) is 85.3 cm³/mol. The molecule has 1 aromatic heterocycles. The number of aliphatic carboxylic acids is 1. The molecule has 0 spiro atoms. The number of phenols is 2. The molecule has 0 radical (unpaired) electrons. The van der Waals surface area contributed by atoms with E-state index in [1.165, 1.54) is 18.2 Å². The summed E-state index contributed by atoms with van der Waals surface area (Å²) >= 11 is 0. The zero-order valence-electron chi connectivity index (χ0n) is 12.2. The molecule has 0 amide bonds. The van der Waals surface area contributed by atoms with Crippen molar-refractivity contribution in [3.8, 4) is 11.5 Å². The maximum Gasteiger partial charge on any atom is 0.320 e. The van der Waals surface area contributed by atoms with Crippen LogP contribution in [0.4, 0.5) is 0 Å². The standard InChI is InChI=1S/C9H11NO4.C8H6O/c10-6(9(13)14)3-5-1-2-7(11)8(12)4-5;1-2-4-8-7(3-1)5-6-9-8/h1-2,4,6,11-12H,3,10H2,(H,13,14);1-6H/t6-;/m0./s1. The number of aromatic hydroxyl groups is 2. The third-order valence-electron chi connectivity index (χ3n) is 3.17. The van der Waals surface area contributed by atoms with Crippen molar-refractivity contribution < 1.29 is 24.5 Å². The fraction of sp³-hybridized carbons (Fsp3) is 0.118. The molecule has 3 aromatic rings. The smallest absolute Gasteiger partial charge is 0.320 e. The molecule has 120 valence electrons. The summed E-state index contributed by atoms with van der Waals surface area (Å²) in [6.45, 7) is 0. The van der Waals surface area contributed by atoms with Crippen molar-refractivity contribution >= 4 is 16.9 Å². The highest BCUT2D eigenvalue weighted by atomic mass is 16.4. The van der Waals surface area contributed by atoms with Gasteiger partial charge in [-0.1, -0.05) is 24.3 Å². The molecule has 0 fully saturated rings. The Kier molecular flexibility index (Phi) is 5.22. The van der Waals surface area contributed by atoms with Crippen LogP contribution in [0.5, 0.6) is 11.5 Å². The van der Waals surface area contributed by atoms with Gasteiger partial charge in [0.2, 0.25) is 0 Å². The van der Waals surface area contributed by atoms with Crippen molar-refractivity contribution in [2.75, 3.05) is 0 Å². The molecule has 23 heavy (non-hydrogen) atoms. The van der Waals surface area contributed by atoms with Crippen LogP contribution in [0.1, 0.15) is 5.56 Å². The highest BCUT2D eigenvalue weighted by Crippen LogP contribution is 2.25. The minimum Gasteiger partial charge on any atom is -0.504 e. The summed E-state index contributed by atoms with van der Waals surface area (Å²) in [5.41, 5.74) is 6.81. The number of rotatable bonds is 3. The first kappa shape index (κ1) is 16.4. The zero-order chi connectivity index (χ0) is 16.8. The molecule has 0 aliphatic heterocycles. The van der Waals surface area contributed by atoms with Crippen LogP contribution in [-0.2, 0) is 11.2 Å². The normalized spacial score (nSPS) is 11.5. The lowest BCUT2D eigenvalue weighted by molar-refractivity contribution is -0.138. The molecule has 0 saturated heterocycles. The van der Waals surface area contributed by atoms with Crippen LogP contribution in [0.2, 0.25) is 0 Å². The number of nitrogens with two attached hydrogens (primary N) is 1. The first-order valence-corrected chi connectivity index (χ1v) is 6.89. The van der Waals surface area contributed by atoms with Crippen molar-refractivity contribution in [1.29, 1.82) is 0 Å². The van der Waals surface area contributed by atoms with E-state index in [4.69, 9.17) is 25.5 Å². The number of carboxylic acids is 1. The molecule has 6 nitrogen and oxygen atoms in total. The van der Waals surface area contributed by atoms with Gasteiger partial charge in [-0.05, 0) is 36.2 Å². The molecule has 0 bridgehead atoms. The van der Waals surface area contributed by atoms with Gasteiger partial charge in [0, 0.05) is 5.39 Å². The van der Waals surface area contributed by atoms with E-state index in [9.17, 15) is 4.79 Å². The molecule has 3 rings (SSSR count). The monoisotopic (exact) mass is 315 g/mol. The Morgan fingerprint density at radius 1 is 1.09 bits per heavy atom. The van der Waals surface area contributed by atoms with Crippen molar-refractivity contribution in [1.82, 2.24) is 0 Å². The lowest BCUT2D eigenvalue weighted by Crippen LogP contribution is -2.32. The maximum atomic E-state index is 10.4. The summed E-state index contributed by atoms with van der Waals surface area (Å²) in [6, 6.07) is 13.0. The number of phenolic OH excluding ortho intramolecular Hbond substituents is 2. The van der Waals surface area contributed by atoms with Gasteiger partial charge in [-0.15, -0.1) is 0 Å². The van der Waals surface area contributed by atoms with Gasteiger partial charge in [-0.2, -0.15) is 0 Å². The number of carboxylic acid groups (broad SMARTS) is 1. The van der Waals surface area contributed by atoms with E-state index in [-0.39, 0.29) is 17.9 Å². The Morgan fingerprint density at radius 3 is 2.48 bits per heavy atom. The van der Waals surface area contributed by atoms with E-state index in [0.717, 1.165) is 11.0 Å². The Labute approximate surface area is 132 Å². The second-order valence-electron chi connectivity index (χ2n) is 4.93. The fourth-order valence-corrected chi connectivity index (χ4v) is 1.94. The average Bonchev–Trinajstić information content (AvgIpc) is 3.00. The summed E-state index contributed by atoms with van der Waals surface area (Å²) in [6.07, 6.45) is 1.81. The minimum atomic E-state index is -1.10. The first-order valence-electron chi connectivity index (χ1n) is 6.89. The van der Waals surface area contributed by atoms with E-state index < -0.39 is 12.0 Å². The topological polar surface area (TPSA) is 117 Å². The van der Waals surface area contributed by atoms with Gasteiger partial charge >= 0.3 is 5.97 Å².